The lowest BCUT2D eigenvalue weighted by atomic mass is 9.96. The number of amides is 1. The quantitative estimate of drug-likeness (QED) is 0.683. The van der Waals surface area contributed by atoms with Crippen molar-refractivity contribution in [2.24, 2.45) is 5.92 Å². The molecule has 30 heavy (non-hydrogen) atoms. The van der Waals surface area contributed by atoms with Gasteiger partial charge in [-0.2, -0.15) is 0 Å². The Balaban J connectivity index is 1.43. The number of rotatable bonds is 5. The third-order valence-electron chi connectivity index (χ3n) is 5.73. The zero-order valence-electron chi connectivity index (χ0n) is 17.6. The normalized spacial score (nSPS) is 17.4. The van der Waals surface area contributed by atoms with Crippen molar-refractivity contribution < 1.29 is 4.79 Å². The molecule has 2 aromatic carbocycles. The van der Waals surface area contributed by atoms with Crippen LogP contribution in [0.25, 0.3) is 11.4 Å². The molecule has 4 rings (SSSR count). The van der Waals surface area contributed by atoms with Crippen LogP contribution in [0.2, 0.25) is 0 Å². The molecular weight excluding hydrogens is 372 g/mol. The van der Waals surface area contributed by atoms with Crippen LogP contribution in [0.1, 0.15) is 36.9 Å². The Morgan fingerprint density at radius 2 is 1.87 bits per heavy atom. The lowest BCUT2D eigenvalue weighted by molar-refractivity contribution is -0.125. The average molecular weight is 401 g/mol. The zero-order chi connectivity index (χ0) is 20.9. The molecule has 5 heteroatoms. The molecular formula is C25H28N4O. The summed E-state index contributed by atoms with van der Waals surface area (Å²) in [6, 6.07) is 20.2. The average Bonchev–Trinajstić information content (AvgIpc) is 2.80. The maximum atomic E-state index is 12.9. The molecule has 0 unspecified atom stereocenters. The van der Waals surface area contributed by atoms with E-state index in [2.05, 4.69) is 46.4 Å². The Morgan fingerprint density at radius 1 is 1.10 bits per heavy atom. The van der Waals surface area contributed by atoms with Crippen molar-refractivity contribution in [2.75, 3.05) is 18.0 Å². The van der Waals surface area contributed by atoms with Crippen LogP contribution in [0.5, 0.6) is 0 Å². The van der Waals surface area contributed by atoms with Gasteiger partial charge in [-0.3, -0.25) is 4.79 Å². The molecule has 1 N–H and O–H groups in total. The van der Waals surface area contributed by atoms with Crippen LogP contribution in [0, 0.1) is 12.8 Å². The number of carbonyl (C=O) groups is 1. The summed E-state index contributed by atoms with van der Waals surface area (Å²) in [5.74, 6) is 1.67. The monoisotopic (exact) mass is 400 g/mol. The van der Waals surface area contributed by atoms with Crippen LogP contribution in [-0.2, 0) is 4.79 Å². The van der Waals surface area contributed by atoms with Gasteiger partial charge in [-0.15, -0.1) is 0 Å². The first-order chi connectivity index (χ1) is 14.6. The number of hydrogen-bond acceptors (Lipinski definition) is 4. The topological polar surface area (TPSA) is 58.1 Å². The predicted octanol–water partition coefficient (Wildman–Crippen LogP) is 4.55. The number of hydrogen-bond donors (Lipinski definition) is 1. The highest BCUT2D eigenvalue weighted by Crippen LogP contribution is 2.24. The van der Waals surface area contributed by atoms with E-state index in [4.69, 9.17) is 4.98 Å². The van der Waals surface area contributed by atoms with E-state index in [-0.39, 0.29) is 17.9 Å². The van der Waals surface area contributed by atoms with Crippen LogP contribution < -0.4 is 10.2 Å². The summed E-state index contributed by atoms with van der Waals surface area (Å²) in [6.07, 6.45) is 3.68. The van der Waals surface area contributed by atoms with Gasteiger partial charge in [-0.25, -0.2) is 9.97 Å². The van der Waals surface area contributed by atoms with Gasteiger partial charge in [0.05, 0.1) is 12.0 Å². The maximum Gasteiger partial charge on any atom is 0.225 e. The van der Waals surface area contributed by atoms with Crippen LogP contribution in [0.15, 0.2) is 66.9 Å². The van der Waals surface area contributed by atoms with Gasteiger partial charge in [0.1, 0.15) is 5.82 Å². The van der Waals surface area contributed by atoms with Crippen molar-refractivity contribution in [2.45, 2.75) is 32.7 Å². The van der Waals surface area contributed by atoms with E-state index in [1.807, 2.05) is 43.3 Å². The number of nitrogens with one attached hydrogen (secondary N) is 1. The van der Waals surface area contributed by atoms with Gasteiger partial charge in [0.25, 0.3) is 0 Å². The van der Waals surface area contributed by atoms with Crippen LogP contribution in [-0.4, -0.2) is 29.0 Å². The molecule has 1 aliphatic rings. The van der Waals surface area contributed by atoms with Crippen molar-refractivity contribution >= 4 is 11.7 Å². The molecule has 0 saturated carbocycles. The van der Waals surface area contributed by atoms with Gasteiger partial charge in [0.15, 0.2) is 5.82 Å². The number of anilines is 1. The molecule has 3 aromatic rings. The smallest absolute Gasteiger partial charge is 0.225 e. The molecule has 1 fully saturated rings. The molecule has 1 saturated heterocycles. The summed E-state index contributed by atoms with van der Waals surface area (Å²) in [7, 11) is 0. The van der Waals surface area contributed by atoms with Crippen molar-refractivity contribution in [3.05, 3.63) is 78.0 Å². The predicted molar refractivity (Wildman–Crippen MR) is 120 cm³/mol. The largest absolute Gasteiger partial charge is 0.356 e. The summed E-state index contributed by atoms with van der Waals surface area (Å²) in [6.45, 7) is 5.69. The van der Waals surface area contributed by atoms with Crippen molar-refractivity contribution in [1.82, 2.24) is 15.3 Å². The van der Waals surface area contributed by atoms with Crippen LogP contribution in [0.4, 0.5) is 5.82 Å². The maximum absolute atomic E-state index is 12.9. The summed E-state index contributed by atoms with van der Waals surface area (Å²) < 4.78 is 0. The summed E-state index contributed by atoms with van der Waals surface area (Å²) in [5, 5.41) is 3.20. The van der Waals surface area contributed by atoms with Gasteiger partial charge in [0, 0.05) is 24.8 Å². The lowest BCUT2D eigenvalue weighted by Crippen LogP contribution is -2.44. The highest BCUT2D eigenvalue weighted by Gasteiger charge is 2.27. The Hall–Kier alpha value is -3.21. The minimum absolute atomic E-state index is 0.00258. The fourth-order valence-corrected chi connectivity index (χ4v) is 3.92. The molecule has 0 spiro atoms. The van der Waals surface area contributed by atoms with E-state index in [0.717, 1.165) is 36.3 Å². The second kappa shape index (κ2) is 9.08. The first kappa shape index (κ1) is 20.1. The Labute approximate surface area is 178 Å². The van der Waals surface area contributed by atoms with Gasteiger partial charge in [-0.1, -0.05) is 60.2 Å². The number of aryl methyl sites for hydroxylation is 1. The van der Waals surface area contributed by atoms with Gasteiger partial charge in [-0.05, 0) is 38.3 Å². The minimum atomic E-state index is -0.0400. The first-order valence-corrected chi connectivity index (χ1v) is 10.6. The Kier molecular flexibility index (Phi) is 6.07. The van der Waals surface area contributed by atoms with Crippen molar-refractivity contribution in [3.63, 3.8) is 0 Å². The third-order valence-corrected chi connectivity index (χ3v) is 5.73. The second-order valence-electron chi connectivity index (χ2n) is 8.03. The van der Waals surface area contributed by atoms with Gasteiger partial charge >= 0.3 is 0 Å². The minimum Gasteiger partial charge on any atom is -0.356 e. The number of aromatic nitrogens is 2. The number of nitrogens with zero attached hydrogens (tertiary/aromatic N) is 3. The van der Waals surface area contributed by atoms with E-state index >= 15 is 0 Å². The molecule has 2 heterocycles. The second-order valence-corrected chi connectivity index (χ2v) is 8.03. The highest BCUT2D eigenvalue weighted by molar-refractivity contribution is 5.80. The molecule has 5 nitrogen and oxygen atoms in total. The number of piperidine rings is 1. The van der Waals surface area contributed by atoms with E-state index < -0.39 is 0 Å². The molecule has 1 aliphatic heterocycles. The molecule has 154 valence electrons. The SMILES string of the molecule is Cc1ccc([C@H](C)NC(=O)[C@@H]2CCCN(c3ccnc(-c4ccccc4)n3)C2)cc1. The lowest BCUT2D eigenvalue weighted by Gasteiger charge is -2.33. The molecule has 0 radical (unpaired) electrons. The van der Waals surface area contributed by atoms with Crippen LogP contribution >= 0.6 is 0 Å². The van der Waals surface area contributed by atoms with Gasteiger partial charge < -0.3 is 10.2 Å². The number of carbonyl (C=O) groups excluding carboxylic acids is 1. The molecule has 2 atom stereocenters. The summed E-state index contributed by atoms with van der Waals surface area (Å²) in [5.41, 5.74) is 3.35. The standard InChI is InChI=1S/C25H28N4O/c1-18-10-12-20(13-11-18)19(2)27-25(30)22-9-6-16-29(17-22)23-14-15-26-24(28-23)21-7-4-3-5-8-21/h3-5,7-8,10-15,19,22H,6,9,16-17H2,1-2H3,(H,27,30)/t19-,22+/m0/s1. The van der Waals surface area contributed by atoms with E-state index in [1.165, 1.54) is 5.56 Å². The Morgan fingerprint density at radius 3 is 2.63 bits per heavy atom. The van der Waals surface area contributed by atoms with Crippen molar-refractivity contribution in [3.8, 4) is 11.4 Å². The van der Waals surface area contributed by atoms with E-state index in [9.17, 15) is 4.79 Å². The summed E-state index contributed by atoms with van der Waals surface area (Å²) >= 11 is 0. The molecule has 1 amide bonds. The van der Waals surface area contributed by atoms with Gasteiger partial charge in [0.2, 0.25) is 5.91 Å². The third kappa shape index (κ3) is 4.67. The van der Waals surface area contributed by atoms with E-state index in [1.54, 1.807) is 6.20 Å². The molecule has 0 bridgehead atoms. The molecule has 1 aromatic heterocycles. The number of benzene rings is 2. The fourth-order valence-electron chi connectivity index (χ4n) is 3.92. The summed E-state index contributed by atoms with van der Waals surface area (Å²) in [4.78, 5) is 24.3. The fraction of sp³-hybridized carbons (Fsp3) is 0.320. The molecule has 0 aliphatic carbocycles. The van der Waals surface area contributed by atoms with Crippen LogP contribution in [0.3, 0.4) is 0 Å². The van der Waals surface area contributed by atoms with E-state index in [0.29, 0.717) is 12.4 Å². The Bertz CT molecular complexity index is 988. The highest BCUT2D eigenvalue weighted by atomic mass is 16.2. The van der Waals surface area contributed by atoms with Crippen molar-refractivity contribution in [1.29, 1.82) is 0 Å². The zero-order valence-corrected chi connectivity index (χ0v) is 17.6. The first-order valence-electron chi connectivity index (χ1n) is 10.6.